The Balaban J connectivity index is 1.32. The summed E-state index contributed by atoms with van der Waals surface area (Å²) in [5.74, 6) is -0.758. The van der Waals surface area contributed by atoms with Crippen molar-refractivity contribution in [2.45, 2.75) is 38.6 Å². The molecule has 2 N–H and O–H groups in total. The number of nitrogens with zero attached hydrogens (tertiary/aromatic N) is 4. The first-order valence-corrected chi connectivity index (χ1v) is 10.5. The first-order valence-electron chi connectivity index (χ1n) is 10.5. The third-order valence-electron chi connectivity index (χ3n) is 5.44. The van der Waals surface area contributed by atoms with Crippen molar-refractivity contribution >= 4 is 28.5 Å². The Labute approximate surface area is 186 Å². The van der Waals surface area contributed by atoms with Gasteiger partial charge in [-0.3, -0.25) is 9.59 Å². The third kappa shape index (κ3) is 5.33. The summed E-state index contributed by atoms with van der Waals surface area (Å²) in [7, 11) is 0. The van der Waals surface area contributed by atoms with Crippen molar-refractivity contribution in [2.75, 3.05) is 25.0 Å². The van der Waals surface area contributed by atoms with Gasteiger partial charge in [-0.05, 0) is 31.5 Å². The van der Waals surface area contributed by atoms with Crippen LogP contribution < -0.4 is 5.32 Å². The number of anilines is 1. The molecule has 176 valence electrons. The number of halogens is 3. The molecule has 0 bridgehead atoms. The average Bonchev–Trinajstić information content (AvgIpc) is 3.39. The lowest BCUT2D eigenvalue weighted by Gasteiger charge is -2.32. The van der Waals surface area contributed by atoms with E-state index in [4.69, 9.17) is 4.74 Å². The van der Waals surface area contributed by atoms with Crippen LogP contribution in [0.15, 0.2) is 30.6 Å². The molecule has 1 aliphatic heterocycles. The number of carbonyl (C=O) groups is 2. The van der Waals surface area contributed by atoms with E-state index in [-0.39, 0.29) is 30.1 Å². The molecule has 0 saturated carbocycles. The van der Waals surface area contributed by atoms with Crippen LogP contribution in [-0.4, -0.2) is 62.0 Å². The second-order valence-corrected chi connectivity index (χ2v) is 7.77. The van der Waals surface area contributed by atoms with Crippen molar-refractivity contribution in [1.29, 1.82) is 0 Å². The minimum atomic E-state index is -4.59. The number of carbonyl (C=O) groups excluding carboxylic acids is 2. The molecule has 2 aromatic heterocycles. The van der Waals surface area contributed by atoms with Gasteiger partial charge in [-0.25, -0.2) is 9.97 Å². The highest BCUT2D eigenvalue weighted by Gasteiger charge is 2.35. The van der Waals surface area contributed by atoms with E-state index in [0.29, 0.717) is 31.6 Å². The number of imidazole rings is 2. The van der Waals surface area contributed by atoms with Crippen LogP contribution in [0.3, 0.4) is 0 Å². The normalized spacial score (nSPS) is 16.8. The number of amides is 2. The van der Waals surface area contributed by atoms with Gasteiger partial charge in [0.1, 0.15) is 5.82 Å². The van der Waals surface area contributed by atoms with Crippen LogP contribution in [-0.2, 0) is 27.0 Å². The van der Waals surface area contributed by atoms with Gasteiger partial charge >= 0.3 is 6.18 Å². The van der Waals surface area contributed by atoms with Gasteiger partial charge in [0.2, 0.25) is 11.7 Å². The summed E-state index contributed by atoms with van der Waals surface area (Å²) in [5, 5.41) is 2.64. The molecule has 4 rings (SSSR count). The number of benzene rings is 1. The second-order valence-electron chi connectivity index (χ2n) is 7.77. The zero-order chi connectivity index (χ0) is 23.6. The third-order valence-corrected chi connectivity index (χ3v) is 5.44. The highest BCUT2D eigenvalue weighted by atomic mass is 19.4. The Morgan fingerprint density at radius 3 is 2.88 bits per heavy atom. The fourth-order valence-electron chi connectivity index (χ4n) is 3.68. The van der Waals surface area contributed by atoms with E-state index in [1.807, 2.05) is 17.7 Å². The molecule has 9 nitrogen and oxygen atoms in total. The van der Waals surface area contributed by atoms with Crippen molar-refractivity contribution in [3.63, 3.8) is 0 Å². The average molecular weight is 464 g/mol. The Kier molecular flexibility index (Phi) is 6.36. The second kappa shape index (κ2) is 9.22. The van der Waals surface area contributed by atoms with Crippen LogP contribution in [0.1, 0.15) is 24.5 Å². The highest BCUT2D eigenvalue weighted by molar-refractivity contribution is 5.96. The molecule has 0 radical (unpaired) electrons. The van der Waals surface area contributed by atoms with E-state index in [1.54, 1.807) is 11.1 Å². The van der Waals surface area contributed by atoms with Crippen molar-refractivity contribution in [3.8, 4) is 0 Å². The Hall–Kier alpha value is -3.41. The number of nitrogens with one attached hydrogen (secondary N) is 2. The number of H-pyrrole nitrogens is 1. The van der Waals surface area contributed by atoms with Crippen molar-refractivity contribution in [2.24, 2.45) is 0 Å². The maximum Gasteiger partial charge on any atom is 0.449 e. The summed E-state index contributed by atoms with van der Waals surface area (Å²) in [5.41, 5.74) is 0.583. The summed E-state index contributed by atoms with van der Waals surface area (Å²) >= 11 is 0. The first-order chi connectivity index (χ1) is 15.7. The largest absolute Gasteiger partial charge is 0.449 e. The standard InChI is InChI=1S/C21H23F3N6O3/c1-13-25-6-8-29(13)7-2-3-18(31)30-9-10-33-17(12-30)19(32)26-14-4-5-15-16(11-14)28-20(27-15)21(22,23)24/h4-6,8,11,17H,2-3,7,9-10,12H2,1H3,(H,26,32)(H,27,28). The number of fused-ring (bicyclic) bond motifs is 1. The zero-order valence-corrected chi connectivity index (χ0v) is 17.9. The predicted molar refractivity (Wildman–Crippen MR) is 112 cm³/mol. The minimum Gasteiger partial charge on any atom is -0.365 e. The van der Waals surface area contributed by atoms with Gasteiger partial charge in [0.25, 0.3) is 5.91 Å². The van der Waals surface area contributed by atoms with Crippen molar-refractivity contribution in [3.05, 3.63) is 42.2 Å². The summed E-state index contributed by atoms with van der Waals surface area (Å²) in [6.45, 7) is 3.30. The summed E-state index contributed by atoms with van der Waals surface area (Å²) in [6.07, 6.45) is -0.910. The lowest BCUT2D eigenvalue weighted by Crippen LogP contribution is -2.50. The van der Waals surface area contributed by atoms with Gasteiger partial charge < -0.3 is 24.5 Å². The summed E-state index contributed by atoms with van der Waals surface area (Å²) in [4.78, 5) is 36.7. The lowest BCUT2D eigenvalue weighted by atomic mass is 10.2. The zero-order valence-electron chi connectivity index (χ0n) is 17.9. The number of rotatable bonds is 6. The fraction of sp³-hybridized carbons (Fsp3) is 0.429. The van der Waals surface area contributed by atoms with Crippen LogP contribution >= 0.6 is 0 Å². The number of morpholine rings is 1. The molecule has 1 aromatic carbocycles. The number of aryl methyl sites for hydroxylation is 2. The van der Waals surface area contributed by atoms with Gasteiger partial charge in [-0.1, -0.05) is 0 Å². The molecule has 3 aromatic rings. The van der Waals surface area contributed by atoms with Gasteiger partial charge in [-0.2, -0.15) is 13.2 Å². The van der Waals surface area contributed by atoms with Crippen LogP contribution in [0.4, 0.5) is 18.9 Å². The monoisotopic (exact) mass is 464 g/mol. The van der Waals surface area contributed by atoms with Gasteiger partial charge in [0.05, 0.1) is 24.2 Å². The van der Waals surface area contributed by atoms with E-state index in [0.717, 1.165) is 5.82 Å². The fourth-order valence-corrected chi connectivity index (χ4v) is 3.68. The molecule has 12 heteroatoms. The number of aromatic amines is 1. The SMILES string of the molecule is Cc1nccn1CCCC(=O)N1CCOC(C(=O)Nc2ccc3nc(C(F)(F)F)[nH]c3c2)C1. The van der Waals surface area contributed by atoms with Crippen LogP contribution in [0.25, 0.3) is 11.0 Å². The Morgan fingerprint density at radius 1 is 1.33 bits per heavy atom. The van der Waals surface area contributed by atoms with E-state index in [9.17, 15) is 22.8 Å². The van der Waals surface area contributed by atoms with Gasteiger partial charge in [0.15, 0.2) is 6.10 Å². The topological polar surface area (TPSA) is 105 Å². The predicted octanol–water partition coefficient (Wildman–Crippen LogP) is 2.73. The molecule has 33 heavy (non-hydrogen) atoms. The molecule has 1 unspecified atom stereocenters. The van der Waals surface area contributed by atoms with E-state index in [2.05, 4.69) is 20.3 Å². The Bertz CT molecular complexity index is 1160. The molecule has 0 aliphatic carbocycles. The number of hydrogen-bond acceptors (Lipinski definition) is 5. The summed E-state index contributed by atoms with van der Waals surface area (Å²) in [6, 6.07) is 4.22. The molecule has 1 atom stereocenters. The van der Waals surface area contributed by atoms with Crippen LogP contribution in [0.5, 0.6) is 0 Å². The van der Waals surface area contributed by atoms with E-state index < -0.39 is 24.0 Å². The number of hydrogen-bond donors (Lipinski definition) is 2. The maximum atomic E-state index is 12.8. The van der Waals surface area contributed by atoms with Gasteiger partial charge in [0, 0.05) is 37.6 Å². The maximum absolute atomic E-state index is 12.8. The molecule has 1 fully saturated rings. The molecule has 2 amide bonds. The number of alkyl halides is 3. The molecule has 3 heterocycles. The number of ether oxygens (including phenoxy) is 1. The number of aromatic nitrogens is 4. The molecule has 0 spiro atoms. The molecular weight excluding hydrogens is 441 g/mol. The van der Waals surface area contributed by atoms with Crippen LogP contribution in [0, 0.1) is 6.92 Å². The molecule has 1 saturated heterocycles. The lowest BCUT2D eigenvalue weighted by molar-refractivity contribution is -0.145. The van der Waals surface area contributed by atoms with E-state index >= 15 is 0 Å². The highest BCUT2D eigenvalue weighted by Crippen LogP contribution is 2.29. The quantitative estimate of drug-likeness (QED) is 0.584. The summed E-state index contributed by atoms with van der Waals surface area (Å²) < 4.78 is 46.0. The van der Waals surface area contributed by atoms with Gasteiger partial charge in [-0.15, -0.1) is 0 Å². The molecule has 1 aliphatic rings. The van der Waals surface area contributed by atoms with E-state index in [1.165, 1.54) is 18.2 Å². The Morgan fingerprint density at radius 2 is 2.15 bits per heavy atom. The molecular formula is C21H23F3N6O3. The first kappa shape index (κ1) is 22.8. The van der Waals surface area contributed by atoms with Crippen molar-refractivity contribution < 1.29 is 27.5 Å². The minimum absolute atomic E-state index is 0.0626. The smallest absolute Gasteiger partial charge is 0.365 e. The van der Waals surface area contributed by atoms with Crippen LogP contribution in [0.2, 0.25) is 0 Å². The van der Waals surface area contributed by atoms with Crippen molar-refractivity contribution in [1.82, 2.24) is 24.4 Å².